The first-order valence-corrected chi connectivity index (χ1v) is 7.69. The maximum atomic E-state index is 6.37. The highest BCUT2D eigenvalue weighted by Gasteiger charge is 2.18. The van der Waals surface area contributed by atoms with Gasteiger partial charge in [-0.3, -0.25) is 0 Å². The lowest BCUT2D eigenvalue weighted by Gasteiger charge is -2.29. The van der Waals surface area contributed by atoms with Crippen LogP contribution in [0.15, 0.2) is 18.2 Å². The monoisotopic (exact) mass is 276 g/mol. The van der Waals surface area contributed by atoms with Crippen molar-refractivity contribution < 1.29 is 4.74 Å². The summed E-state index contributed by atoms with van der Waals surface area (Å²) in [4.78, 5) is 2.31. The summed E-state index contributed by atoms with van der Waals surface area (Å²) >= 11 is 0. The molecule has 20 heavy (non-hydrogen) atoms. The Hall–Kier alpha value is -0.900. The van der Waals surface area contributed by atoms with Crippen LogP contribution >= 0.6 is 0 Å². The Morgan fingerprint density at radius 2 is 2.15 bits per heavy atom. The summed E-state index contributed by atoms with van der Waals surface area (Å²) in [5.41, 5.74) is 10.2. The topological polar surface area (TPSA) is 38.5 Å². The molecule has 2 atom stereocenters. The molecule has 0 bridgehead atoms. The van der Waals surface area contributed by atoms with Crippen molar-refractivity contribution in [1.82, 2.24) is 4.90 Å². The van der Waals surface area contributed by atoms with Gasteiger partial charge in [-0.15, -0.1) is 0 Å². The van der Waals surface area contributed by atoms with Crippen LogP contribution in [0.3, 0.4) is 0 Å². The molecule has 1 heterocycles. The van der Waals surface area contributed by atoms with Crippen LogP contribution in [-0.2, 0) is 4.74 Å². The SMILES string of the molecule is Cc1ccc(C(N)CN(C)CC2CCCCO2)c(C)c1. The van der Waals surface area contributed by atoms with Crippen molar-refractivity contribution in [2.45, 2.75) is 45.3 Å². The second-order valence-electron chi connectivity index (χ2n) is 6.18. The lowest BCUT2D eigenvalue weighted by molar-refractivity contribution is -0.00214. The second kappa shape index (κ2) is 7.21. The van der Waals surface area contributed by atoms with Crippen molar-refractivity contribution in [3.8, 4) is 0 Å². The van der Waals surface area contributed by atoms with Gasteiger partial charge in [0.2, 0.25) is 0 Å². The van der Waals surface area contributed by atoms with E-state index in [9.17, 15) is 0 Å². The summed E-state index contributed by atoms with van der Waals surface area (Å²) in [6.45, 7) is 7.05. The van der Waals surface area contributed by atoms with Gasteiger partial charge in [-0.2, -0.15) is 0 Å². The number of hydrogen-bond donors (Lipinski definition) is 1. The van der Waals surface area contributed by atoms with Gasteiger partial charge in [0.1, 0.15) is 0 Å². The molecule has 3 nitrogen and oxygen atoms in total. The Bertz CT molecular complexity index is 427. The third kappa shape index (κ3) is 4.30. The standard InChI is InChI=1S/C17H28N2O/c1-13-7-8-16(14(2)10-13)17(18)12-19(3)11-15-6-4-5-9-20-15/h7-8,10,15,17H,4-6,9,11-12,18H2,1-3H3. The van der Waals surface area contributed by atoms with E-state index in [0.717, 1.165) is 19.7 Å². The fraction of sp³-hybridized carbons (Fsp3) is 0.647. The molecule has 1 aliphatic rings. The van der Waals surface area contributed by atoms with E-state index in [1.807, 2.05) is 0 Å². The molecular weight excluding hydrogens is 248 g/mol. The molecule has 2 rings (SSSR count). The largest absolute Gasteiger partial charge is 0.377 e. The van der Waals surface area contributed by atoms with E-state index < -0.39 is 0 Å². The molecule has 2 N–H and O–H groups in total. The Kier molecular flexibility index (Phi) is 5.58. The van der Waals surface area contributed by atoms with E-state index in [-0.39, 0.29) is 6.04 Å². The molecule has 1 saturated heterocycles. The number of hydrogen-bond acceptors (Lipinski definition) is 3. The molecule has 0 amide bonds. The molecule has 0 radical (unpaired) electrons. The fourth-order valence-corrected chi connectivity index (χ4v) is 3.05. The van der Waals surface area contributed by atoms with Crippen LogP contribution in [0.25, 0.3) is 0 Å². The zero-order valence-corrected chi connectivity index (χ0v) is 13.1. The average Bonchev–Trinajstić information content (AvgIpc) is 2.39. The summed E-state index contributed by atoms with van der Waals surface area (Å²) < 4.78 is 5.79. The average molecular weight is 276 g/mol. The molecule has 0 aromatic heterocycles. The molecule has 1 aromatic carbocycles. The van der Waals surface area contributed by atoms with Gasteiger partial charge in [-0.1, -0.05) is 23.8 Å². The van der Waals surface area contributed by atoms with E-state index in [4.69, 9.17) is 10.5 Å². The highest BCUT2D eigenvalue weighted by atomic mass is 16.5. The van der Waals surface area contributed by atoms with E-state index in [1.165, 1.54) is 36.0 Å². The van der Waals surface area contributed by atoms with E-state index in [1.54, 1.807) is 0 Å². The van der Waals surface area contributed by atoms with Gasteiger partial charge in [0, 0.05) is 25.7 Å². The predicted octanol–water partition coefficient (Wildman–Crippen LogP) is 2.80. The number of benzene rings is 1. The van der Waals surface area contributed by atoms with Crippen molar-refractivity contribution >= 4 is 0 Å². The van der Waals surface area contributed by atoms with Crippen LogP contribution in [0.1, 0.15) is 42.0 Å². The highest BCUT2D eigenvalue weighted by molar-refractivity contribution is 5.32. The number of nitrogens with two attached hydrogens (primary N) is 1. The zero-order chi connectivity index (χ0) is 14.5. The summed E-state index contributed by atoms with van der Waals surface area (Å²) in [5, 5.41) is 0. The molecule has 0 saturated carbocycles. The maximum absolute atomic E-state index is 6.37. The minimum Gasteiger partial charge on any atom is -0.377 e. The Balaban J connectivity index is 1.87. The molecule has 1 aromatic rings. The number of aryl methyl sites for hydroxylation is 2. The summed E-state index contributed by atoms with van der Waals surface area (Å²) in [6, 6.07) is 6.59. The van der Waals surface area contributed by atoms with Gasteiger partial charge in [-0.05, 0) is 51.3 Å². The number of nitrogens with zero attached hydrogens (tertiary/aromatic N) is 1. The van der Waals surface area contributed by atoms with Crippen molar-refractivity contribution in [1.29, 1.82) is 0 Å². The molecule has 2 unspecified atom stereocenters. The van der Waals surface area contributed by atoms with Crippen LogP contribution in [0.5, 0.6) is 0 Å². The van der Waals surface area contributed by atoms with Crippen LogP contribution < -0.4 is 5.73 Å². The zero-order valence-electron chi connectivity index (χ0n) is 13.1. The van der Waals surface area contributed by atoms with Crippen LogP contribution in [0, 0.1) is 13.8 Å². The first-order chi connectivity index (χ1) is 9.56. The molecule has 1 aliphatic heterocycles. The van der Waals surface area contributed by atoms with Crippen LogP contribution in [0.2, 0.25) is 0 Å². The molecule has 1 fully saturated rings. The van der Waals surface area contributed by atoms with Gasteiger partial charge >= 0.3 is 0 Å². The van der Waals surface area contributed by atoms with Crippen LogP contribution in [0.4, 0.5) is 0 Å². The molecule has 0 spiro atoms. The van der Waals surface area contributed by atoms with E-state index in [0.29, 0.717) is 6.10 Å². The third-order valence-corrected chi connectivity index (χ3v) is 4.12. The summed E-state index contributed by atoms with van der Waals surface area (Å²) in [6.07, 6.45) is 4.08. The Labute approximate surface area is 123 Å². The third-order valence-electron chi connectivity index (χ3n) is 4.12. The molecular formula is C17H28N2O. The van der Waals surface area contributed by atoms with Crippen molar-refractivity contribution in [3.63, 3.8) is 0 Å². The fourth-order valence-electron chi connectivity index (χ4n) is 3.05. The van der Waals surface area contributed by atoms with E-state index >= 15 is 0 Å². The lowest BCUT2D eigenvalue weighted by Crippen LogP contribution is -2.37. The normalized spacial score (nSPS) is 21.1. The van der Waals surface area contributed by atoms with Crippen LogP contribution in [-0.4, -0.2) is 37.7 Å². The predicted molar refractivity (Wildman–Crippen MR) is 83.9 cm³/mol. The Morgan fingerprint density at radius 1 is 1.35 bits per heavy atom. The first kappa shape index (κ1) is 15.5. The van der Waals surface area contributed by atoms with Gasteiger partial charge in [0.05, 0.1) is 6.10 Å². The number of ether oxygens (including phenoxy) is 1. The minimum absolute atomic E-state index is 0.0733. The van der Waals surface area contributed by atoms with Gasteiger partial charge in [-0.25, -0.2) is 0 Å². The van der Waals surface area contributed by atoms with Crippen molar-refractivity contribution in [2.75, 3.05) is 26.7 Å². The van der Waals surface area contributed by atoms with Crippen molar-refractivity contribution in [2.24, 2.45) is 5.73 Å². The van der Waals surface area contributed by atoms with Crippen molar-refractivity contribution in [3.05, 3.63) is 34.9 Å². The van der Waals surface area contributed by atoms with Gasteiger partial charge in [0.15, 0.2) is 0 Å². The maximum Gasteiger partial charge on any atom is 0.0701 e. The Morgan fingerprint density at radius 3 is 2.80 bits per heavy atom. The lowest BCUT2D eigenvalue weighted by atomic mass is 9.99. The van der Waals surface area contributed by atoms with E-state index in [2.05, 4.69) is 44.0 Å². The van der Waals surface area contributed by atoms with Gasteiger partial charge < -0.3 is 15.4 Å². The quantitative estimate of drug-likeness (QED) is 0.898. The second-order valence-corrected chi connectivity index (χ2v) is 6.18. The molecule has 0 aliphatic carbocycles. The summed E-state index contributed by atoms with van der Waals surface area (Å²) in [5.74, 6) is 0. The highest BCUT2D eigenvalue weighted by Crippen LogP contribution is 2.19. The smallest absolute Gasteiger partial charge is 0.0701 e. The summed E-state index contributed by atoms with van der Waals surface area (Å²) in [7, 11) is 2.14. The molecule has 3 heteroatoms. The first-order valence-electron chi connectivity index (χ1n) is 7.69. The number of likely N-dealkylation sites (N-methyl/N-ethyl adjacent to an activating group) is 1. The number of rotatable bonds is 5. The minimum atomic E-state index is 0.0733. The molecule has 112 valence electrons. The van der Waals surface area contributed by atoms with Gasteiger partial charge in [0.25, 0.3) is 0 Å².